The largest absolute Gasteiger partial charge is 0.331 e. The first-order valence-electron chi connectivity index (χ1n) is 9.16. The van der Waals surface area contributed by atoms with E-state index in [1.54, 1.807) is 6.07 Å². The van der Waals surface area contributed by atoms with Crippen LogP contribution in [0.5, 0.6) is 0 Å². The molecule has 0 atom stereocenters. The fourth-order valence-electron chi connectivity index (χ4n) is 3.26. The minimum Gasteiger partial charge on any atom is -0.331 e. The van der Waals surface area contributed by atoms with Gasteiger partial charge in [0.2, 0.25) is 0 Å². The summed E-state index contributed by atoms with van der Waals surface area (Å²) in [6.45, 7) is 0. The van der Waals surface area contributed by atoms with Crippen LogP contribution in [0.3, 0.4) is 0 Å². The van der Waals surface area contributed by atoms with E-state index in [-0.39, 0.29) is 5.91 Å². The van der Waals surface area contributed by atoms with Crippen molar-refractivity contribution in [3.8, 4) is 0 Å². The zero-order valence-electron chi connectivity index (χ0n) is 15.5. The highest BCUT2D eigenvalue weighted by atomic mass is 19.1. The summed E-state index contributed by atoms with van der Waals surface area (Å²) in [5.74, 6) is 0.293. The number of hydrogen-bond acceptors (Lipinski definition) is 2. The van der Waals surface area contributed by atoms with E-state index in [1.165, 1.54) is 18.2 Å². The van der Waals surface area contributed by atoms with Crippen molar-refractivity contribution in [2.45, 2.75) is 12.8 Å². The molecule has 0 saturated carbocycles. The summed E-state index contributed by atoms with van der Waals surface area (Å²) in [6.07, 6.45) is 1.69. The van der Waals surface area contributed by atoms with Crippen molar-refractivity contribution < 1.29 is 9.18 Å². The van der Waals surface area contributed by atoms with Crippen molar-refractivity contribution in [2.75, 3.05) is 5.32 Å². The summed E-state index contributed by atoms with van der Waals surface area (Å²) in [7, 11) is 2.04. The fraction of sp³-hybridized carbons (Fsp3) is 0.130. The van der Waals surface area contributed by atoms with Crippen LogP contribution < -0.4 is 5.32 Å². The second-order valence-electron chi connectivity index (χ2n) is 6.74. The molecule has 0 radical (unpaired) electrons. The van der Waals surface area contributed by atoms with E-state index in [0.29, 0.717) is 11.3 Å². The second-order valence-corrected chi connectivity index (χ2v) is 6.74. The minimum absolute atomic E-state index is 0.297. The maximum Gasteiger partial charge on any atom is 0.255 e. The standard InChI is InChI=1S/C23H20FN3O/c1-27-21-8-3-2-7-20(21)26-22(27)14-11-16-9-12-19(13-10-16)25-23(28)17-5-4-6-18(24)15-17/h2-10,12-13,15H,11,14H2,1H3,(H,25,28). The number of aryl methyl sites for hydroxylation is 3. The molecule has 0 aliphatic rings. The monoisotopic (exact) mass is 373 g/mol. The number of rotatable bonds is 5. The molecule has 0 bridgehead atoms. The molecular formula is C23H20FN3O. The second kappa shape index (κ2) is 7.64. The summed E-state index contributed by atoms with van der Waals surface area (Å²) in [4.78, 5) is 16.9. The van der Waals surface area contributed by atoms with Crippen molar-refractivity contribution >= 4 is 22.6 Å². The maximum absolute atomic E-state index is 13.3. The van der Waals surface area contributed by atoms with Crippen molar-refractivity contribution in [1.82, 2.24) is 9.55 Å². The van der Waals surface area contributed by atoms with Gasteiger partial charge in [0.25, 0.3) is 5.91 Å². The Kier molecular flexibility index (Phi) is 4.89. The molecule has 4 rings (SSSR count). The lowest BCUT2D eigenvalue weighted by Crippen LogP contribution is -2.12. The van der Waals surface area contributed by atoms with Crippen LogP contribution in [0.15, 0.2) is 72.8 Å². The molecular weight excluding hydrogens is 353 g/mol. The van der Waals surface area contributed by atoms with Gasteiger partial charge in [0.1, 0.15) is 11.6 Å². The molecule has 1 N–H and O–H groups in total. The van der Waals surface area contributed by atoms with E-state index >= 15 is 0 Å². The van der Waals surface area contributed by atoms with Crippen LogP contribution in [-0.2, 0) is 19.9 Å². The number of nitrogens with zero attached hydrogens (tertiary/aromatic N) is 2. The number of halogens is 1. The van der Waals surface area contributed by atoms with Gasteiger partial charge in [-0.1, -0.05) is 30.3 Å². The Balaban J connectivity index is 1.40. The van der Waals surface area contributed by atoms with Crippen molar-refractivity contribution in [2.24, 2.45) is 7.05 Å². The number of amides is 1. The first kappa shape index (κ1) is 17.9. The molecule has 0 aliphatic carbocycles. The predicted molar refractivity (Wildman–Crippen MR) is 109 cm³/mol. The molecule has 0 spiro atoms. The zero-order chi connectivity index (χ0) is 19.5. The zero-order valence-corrected chi connectivity index (χ0v) is 15.5. The Labute approximate surface area is 162 Å². The van der Waals surface area contributed by atoms with Crippen molar-refractivity contribution in [1.29, 1.82) is 0 Å². The van der Waals surface area contributed by atoms with E-state index in [2.05, 4.69) is 16.0 Å². The molecule has 1 amide bonds. The summed E-state index contributed by atoms with van der Waals surface area (Å²) >= 11 is 0. The van der Waals surface area contributed by atoms with Crippen LogP contribution in [-0.4, -0.2) is 15.5 Å². The number of hydrogen-bond donors (Lipinski definition) is 1. The van der Waals surface area contributed by atoms with Gasteiger partial charge in [0, 0.05) is 24.7 Å². The Morgan fingerprint density at radius 2 is 1.79 bits per heavy atom. The molecule has 5 heteroatoms. The van der Waals surface area contributed by atoms with Gasteiger partial charge < -0.3 is 9.88 Å². The highest BCUT2D eigenvalue weighted by molar-refractivity contribution is 6.04. The summed E-state index contributed by atoms with van der Waals surface area (Å²) in [5, 5.41) is 2.79. The van der Waals surface area contributed by atoms with Gasteiger partial charge in [-0.2, -0.15) is 0 Å². The topological polar surface area (TPSA) is 46.9 Å². The number of carbonyl (C=O) groups excluding carboxylic acids is 1. The van der Waals surface area contributed by atoms with Crippen LogP contribution in [0.4, 0.5) is 10.1 Å². The van der Waals surface area contributed by atoms with Crippen molar-refractivity contribution in [3.05, 3.63) is 95.6 Å². The number of nitrogens with one attached hydrogen (secondary N) is 1. The molecule has 3 aromatic carbocycles. The quantitative estimate of drug-likeness (QED) is 0.549. The van der Waals surface area contributed by atoms with Crippen LogP contribution in [0, 0.1) is 5.82 Å². The van der Waals surface area contributed by atoms with Gasteiger partial charge in [-0.15, -0.1) is 0 Å². The average molecular weight is 373 g/mol. The minimum atomic E-state index is -0.426. The van der Waals surface area contributed by atoms with Crippen molar-refractivity contribution in [3.63, 3.8) is 0 Å². The fourth-order valence-corrected chi connectivity index (χ4v) is 3.26. The summed E-state index contributed by atoms with van der Waals surface area (Å²) in [6, 6.07) is 21.5. The van der Waals surface area contributed by atoms with Gasteiger partial charge >= 0.3 is 0 Å². The number of carbonyl (C=O) groups is 1. The molecule has 0 aliphatic heterocycles. The van der Waals surface area contributed by atoms with E-state index in [9.17, 15) is 9.18 Å². The Morgan fingerprint density at radius 3 is 2.54 bits per heavy atom. The molecule has 4 nitrogen and oxygen atoms in total. The maximum atomic E-state index is 13.3. The lowest BCUT2D eigenvalue weighted by molar-refractivity contribution is 0.102. The Morgan fingerprint density at radius 1 is 1.00 bits per heavy atom. The van der Waals surface area contributed by atoms with Crippen LogP contribution >= 0.6 is 0 Å². The first-order chi connectivity index (χ1) is 13.6. The normalized spacial score (nSPS) is 10.9. The first-order valence-corrected chi connectivity index (χ1v) is 9.16. The van der Waals surface area contributed by atoms with Gasteiger partial charge in [-0.05, 0) is 54.4 Å². The summed E-state index contributed by atoms with van der Waals surface area (Å²) < 4.78 is 15.4. The molecule has 140 valence electrons. The number of benzene rings is 3. The molecule has 28 heavy (non-hydrogen) atoms. The Bertz CT molecular complexity index is 1130. The molecule has 4 aromatic rings. The molecule has 0 fully saturated rings. The van der Waals surface area contributed by atoms with E-state index in [1.807, 2.05) is 49.5 Å². The van der Waals surface area contributed by atoms with Gasteiger partial charge in [0.15, 0.2) is 0 Å². The van der Waals surface area contributed by atoms with Crippen LogP contribution in [0.2, 0.25) is 0 Å². The van der Waals surface area contributed by atoms with E-state index < -0.39 is 5.82 Å². The van der Waals surface area contributed by atoms with Crippen LogP contribution in [0.1, 0.15) is 21.7 Å². The average Bonchev–Trinajstić information content (AvgIpc) is 3.03. The Hall–Kier alpha value is -3.47. The van der Waals surface area contributed by atoms with E-state index in [4.69, 9.17) is 4.98 Å². The van der Waals surface area contributed by atoms with Gasteiger partial charge in [-0.25, -0.2) is 9.37 Å². The molecule has 0 saturated heterocycles. The summed E-state index contributed by atoms with van der Waals surface area (Å²) in [5.41, 5.74) is 4.28. The van der Waals surface area contributed by atoms with Crippen LogP contribution in [0.25, 0.3) is 11.0 Å². The number of fused-ring (bicyclic) bond motifs is 1. The molecule has 1 aromatic heterocycles. The SMILES string of the molecule is Cn1c(CCc2ccc(NC(=O)c3cccc(F)c3)cc2)nc2ccccc21. The number of imidazole rings is 1. The van der Waals surface area contributed by atoms with Gasteiger partial charge in [-0.3, -0.25) is 4.79 Å². The third kappa shape index (κ3) is 3.78. The number of para-hydroxylation sites is 2. The predicted octanol–water partition coefficient (Wildman–Crippen LogP) is 4.75. The third-order valence-electron chi connectivity index (χ3n) is 4.82. The third-order valence-corrected chi connectivity index (χ3v) is 4.82. The highest BCUT2D eigenvalue weighted by Crippen LogP contribution is 2.17. The highest BCUT2D eigenvalue weighted by Gasteiger charge is 2.09. The molecule has 1 heterocycles. The van der Waals surface area contributed by atoms with Gasteiger partial charge in [0.05, 0.1) is 11.0 Å². The smallest absolute Gasteiger partial charge is 0.255 e. The lowest BCUT2D eigenvalue weighted by atomic mass is 10.1. The number of aromatic nitrogens is 2. The lowest BCUT2D eigenvalue weighted by Gasteiger charge is -2.07. The number of anilines is 1. The molecule has 0 unspecified atom stereocenters. The van der Waals surface area contributed by atoms with E-state index in [0.717, 1.165) is 35.3 Å².